The summed E-state index contributed by atoms with van der Waals surface area (Å²) < 4.78 is 5.09. The highest BCUT2D eigenvalue weighted by molar-refractivity contribution is 5.58. The minimum atomic E-state index is -0.191. The molecule has 1 heterocycles. The molecule has 3 rings (SSSR count). The maximum absolute atomic E-state index is 9.35. The van der Waals surface area contributed by atoms with E-state index in [1.807, 2.05) is 0 Å². The van der Waals surface area contributed by atoms with E-state index in [-0.39, 0.29) is 11.5 Å². The van der Waals surface area contributed by atoms with Crippen LogP contribution in [0.25, 0.3) is 11.5 Å². The minimum Gasteiger partial charge on any atom is -0.504 e. The van der Waals surface area contributed by atoms with Crippen molar-refractivity contribution >= 4 is 0 Å². The molecule has 0 radical (unpaired) electrons. The van der Waals surface area contributed by atoms with Crippen LogP contribution in [0.2, 0.25) is 0 Å². The number of hydrogen-bond acceptors (Lipinski definition) is 5. The third-order valence-electron chi connectivity index (χ3n) is 2.61. The largest absolute Gasteiger partial charge is 0.504 e. The molecule has 0 bridgehead atoms. The Morgan fingerprint density at radius 3 is 2.69 bits per heavy atom. The maximum atomic E-state index is 9.35. The zero-order valence-electron chi connectivity index (χ0n) is 8.42. The Morgan fingerprint density at radius 1 is 1.19 bits per heavy atom. The van der Waals surface area contributed by atoms with Crippen molar-refractivity contribution in [1.29, 1.82) is 0 Å². The van der Waals surface area contributed by atoms with E-state index in [1.54, 1.807) is 6.07 Å². The highest BCUT2D eigenvalue weighted by atomic mass is 16.5. The van der Waals surface area contributed by atoms with Crippen molar-refractivity contribution < 1.29 is 14.7 Å². The standard InChI is InChI=1S/C11H10N2O3/c14-8-4-3-7(5-9(8)15)11-12-10(13-16-11)6-1-2-6/h3-6,14-15H,1-2H2. The lowest BCUT2D eigenvalue weighted by Crippen LogP contribution is -1.82. The summed E-state index contributed by atoms with van der Waals surface area (Å²) in [5.74, 6) is 1.18. The summed E-state index contributed by atoms with van der Waals surface area (Å²) in [6, 6.07) is 4.42. The molecule has 1 aromatic carbocycles. The van der Waals surface area contributed by atoms with Crippen molar-refractivity contribution in [2.75, 3.05) is 0 Å². The Kier molecular flexibility index (Phi) is 1.86. The average Bonchev–Trinajstić information content (AvgIpc) is 3.01. The quantitative estimate of drug-likeness (QED) is 0.754. The van der Waals surface area contributed by atoms with Gasteiger partial charge >= 0.3 is 0 Å². The second-order valence-electron chi connectivity index (χ2n) is 3.94. The van der Waals surface area contributed by atoms with Gasteiger partial charge < -0.3 is 14.7 Å². The van der Waals surface area contributed by atoms with E-state index in [2.05, 4.69) is 10.1 Å². The monoisotopic (exact) mass is 218 g/mol. The summed E-state index contributed by atoms with van der Waals surface area (Å²) in [7, 11) is 0. The molecule has 2 aromatic rings. The molecule has 1 fully saturated rings. The van der Waals surface area contributed by atoms with Crippen LogP contribution >= 0.6 is 0 Å². The molecule has 5 heteroatoms. The molecule has 0 unspecified atom stereocenters. The number of nitrogens with zero attached hydrogens (tertiary/aromatic N) is 2. The zero-order valence-corrected chi connectivity index (χ0v) is 8.42. The fourth-order valence-electron chi connectivity index (χ4n) is 1.52. The number of phenolic OH excluding ortho intramolecular Hbond substituents is 2. The molecule has 0 aliphatic heterocycles. The predicted octanol–water partition coefficient (Wildman–Crippen LogP) is 2.03. The summed E-state index contributed by atoms with van der Waals surface area (Å²) in [6.45, 7) is 0. The summed E-state index contributed by atoms with van der Waals surface area (Å²) in [5, 5.41) is 22.4. The van der Waals surface area contributed by atoms with Gasteiger partial charge in [-0.1, -0.05) is 5.16 Å². The third kappa shape index (κ3) is 1.50. The number of phenols is 2. The lowest BCUT2D eigenvalue weighted by atomic mass is 10.2. The van der Waals surface area contributed by atoms with Crippen molar-refractivity contribution in [3.8, 4) is 23.0 Å². The second kappa shape index (κ2) is 3.23. The van der Waals surface area contributed by atoms with Gasteiger partial charge in [-0.05, 0) is 31.0 Å². The summed E-state index contributed by atoms with van der Waals surface area (Å²) in [4.78, 5) is 4.24. The van der Waals surface area contributed by atoms with E-state index < -0.39 is 0 Å². The molecule has 0 amide bonds. The van der Waals surface area contributed by atoms with E-state index in [4.69, 9.17) is 4.52 Å². The van der Waals surface area contributed by atoms with Crippen molar-refractivity contribution in [3.63, 3.8) is 0 Å². The van der Waals surface area contributed by atoms with Crippen LogP contribution in [0.3, 0.4) is 0 Å². The van der Waals surface area contributed by atoms with Gasteiger partial charge in [0.1, 0.15) is 0 Å². The minimum absolute atomic E-state index is 0.161. The van der Waals surface area contributed by atoms with Crippen LogP contribution in [0, 0.1) is 0 Å². The van der Waals surface area contributed by atoms with Crippen LogP contribution in [-0.2, 0) is 0 Å². The van der Waals surface area contributed by atoms with Gasteiger partial charge in [0.15, 0.2) is 17.3 Å². The first-order chi connectivity index (χ1) is 7.74. The highest BCUT2D eigenvalue weighted by Gasteiger charge is 2.29. The number of aromatic hydroxyl groups is 2. The summed E-state index contributed by atoms with van der Waals surface area (Å²) in [6.07, 6.45) is 2.22. The van der Waals surface area contributed by atoms with Crippen molar-refractivity contribution in [1.82, 2.24) is 10.1 Å². The van der Waals surface area contributed by atoms with Crippen LogP contribution in [0.1, 0.15) is 24.6 Å². The van der Waals surface area contributed by atoms with Gasteiger partial charge in [0.05, 0.1) is 0 Å². The van der Waals surface area contributed by atoms with E-state index in [0.717, 1.165) is 18.7 Å². The fourth-order valence-corrected chi connectivity index (χ4v) is 1.52. The Bertz CT molecular complexity index is 532. The molecule has 1 saturated carbocycles. The molecule has 1 aromatic heterocycles. The predicted molar refractivity (Wildman–Crippen MR) is 55.0 cm³/mol. The van der Waals surface area contributed by atoms with Crippen LogP contribution in [-0.4, -0.2) is 20.4 Å². The van der Waals surface area contributed by atoms with Crippen molar-refractivity contribution in [2.45, 2.75) is 18.8 Å². The van der Waals surface area contributed by atoms with Gasteiger partial charge in [-0.15, -0.1) is 0 Å². The summed E-state index contributed by atoms with van der Waals surface area (Å²) >= 11 is 0. The molecule has 0 saturated heterocycles. The number of benzene rings is 1. The lowest BCUT2D eigenvalue weighted by Gasteiger charge is -1.98. The van der Waals surface area contributed by atoms with Crippen LogP contribution < -0.4 is 0 Å². The number of rotatable bonds is 2. The van der Waals surface area contributed by atoms with Gasteiger partial charge in [0.25, 0.3) is 5.89 Å². The summed E-state index contributed by atoms with van der Waals surface area (Å²) in [5.41, 5.74) is 0.606. The van der Waals surface area contributed by atoms with Crippen molar-refractivity contribution in [3.05, 3.63) is 24.0 Å². The third-order valence-corrected chi connectivity index (χ3v) is 2.61. The average molecular weight is 218 g/mol. The SMILES string of the molecule is Oc1ccc(-c2nc(C3CC3)no2)cc1O. The molecule has 2 N–H and O–H groups in total. The maximum Gasteiger partial charge on any atom is 0.258 e. The van der Waals surface area contributed by atoms with E-state index >= 15 is 0 Å². The normalized spacial score (nSPS) is 15.2. The van der Waals surface area contributed by atoms with E-state index in [9.17, 15) is 10.2 Å². The van der Waals surface area contributed by atoms with Gasteiger partial charge in [0, 0.05) is 11.5 Å². The fraction of sp³-hybridized carbons (Fsp3) is 0.273. The molecule has 82 valence electrons. The Balaban J connectivity index is 1.97. The van der Waals surface area contributed by atoms with Crippen LogP contribution in [0.4, 0.5) is 0 Å². The van der Waals surface area contributed by atoms with Gasteiger partial charge in [0.2, 0.25) is 0 Å². The molecule has 16 heavy (non-hydrogen) atoms. The topological polar surface area (TPSA) is 79.4 Å². The lowest BCUT2D eigenvalue weighted by molar-refractivity contribution is 0.402. The molecular formula is C11H10N2O3. The molecule has 1 aliphatic rings. The van der Waals surface area contributed by atoms with Crippen LogP contribution in [0.5, 0.6) is 11.5 Å². The molecule has 0 spiro atoms. The molecular weight excluding hydrogens is 208 g/mol. The van der Waals surface area contributed by atoms with Crippen molar-refractivity contribution in [2.24, 2.45) is 0 Å². The Labute approximate surface area is 91.4 Å². The zero-order chi connectivity index (χ0) is 11.1. The van der Waals surface area contributed by atoms with Gasteiger partial charge in [-0.25, -0.2) is 0 Å². The second-order valence-corrected chi connectivity index (χ2v) is 3.94. The smallest absolute Gasteiger partial charge is 0.258 e. The highest BCUT2D eigenvalue weighted by Crippen LogP contribution is 2.39. The molecule has 0 atom stereocenters. The number of aromatic nitrogens is 2. The molecule has 5 nitrogen and oxygen atoms in total. The number of hydrogen-bond donors (Lipinski definition) is 2. The van der Waals surface area contributed by atoms with Gasteiger partial charge in [-0.3, -0.25) is 0 Å². The van der Waals surface area contributed by atoms with E-state index in [1.165, 1.54) is 12.1 Å². The van der Waals surface area contributed by atoms with E-state index in [0.29, 0.717) is 17.4 Å². The first-order valence-corrected chi connectivity index (χ1v) is 5.10. The first kappa shape index (κ1) is 9.21. The van der Waals surface area contributed by atoms with Gasteiger partial charge in [-0.2, -0.15) is 4.98 Å². The first-order valence-electron chi connectivity index (χ1n) is 5.10. The van der Waals surface area contributed by atoms with Crippen LogP contribution in [0.15, 0.2) is 22.7 Å². The Hall–Kier alpha value is -2.04. The Morgan fingerprint density at radius 2 is 2.00 bits per heavy atom. The molecule has 1 aliphatic carbocycles.